The van der Waals surface area contributed by atoms with Gasteiger partial charge in [0.05, 0.1) is 23.3 Å². The molecule has 9 atom stereocenters. The van der Waals surface area contributed by atoms with E-state index in [-0.39, 0.29) is 63.3 Å². The summed E-state index contributed by atoms with van der Waals surface area (Å²) >= 11 is 0. The van der Waals surface area contributed by atoms with Crippen molar-refractivity contribution in [2.75, 3.05) is 6.54 Å². The van der Waals surface area contributed by atoms with Crippen LogP contribution in [0.1, 0.15) is 138 Å². The van der Waals surface area contributed by atoms with Crippen molar-refractivity contribution in [2.45, 2.75) is 138 Å². The van der Waals surface area contributed by atoms with Crippen LogP contribution >= 0.6 is 0 Å². The SMILES string of the molecule is CC(=O)OC1CCC2(C)C(CCC3(C)C2CCC2C4=C(C(C)C)C(=O)CC4(C(=O)N4CCCC4c4ncc(-c5ccccc5)[nH]4)CCC23C)C1(C)C. The molecule has 9 unspecified atom stereocenters. The van der Waals surface area contributed by atoms with E-state index >= 15 is 4.79 Å². The molecule has 5 aliphatic carbocycles. The quantitative estimate of drug-likeness (QED) is 0.313. The zero-order valence-electron chi connectivity index (χ0n) is 32.9. The number of nitrogens with zero attached hydrogens (tertiary/aromatic N) is 2. The second-order valence-electron chi connectivity index (χ2n) is 19.4. The second kappa shape index (κ2) is 12.1. The smallest absolute Gasteiger partial charge is 0.302 e. The summed E-state index contributed by atoms with van der Waals surface area (Å²) in [6.45, 7) is 19.0. The van der Waals surface area contributed by atoms with Crippen LogP contribution in [0.5, 0.6) is 0 Å². The number of rotatable bonds is 5. The van der Waals surface area contributed by atoms with Gasteiger partial charge in [0.15, 0.2) is 5.78 Å². The molecule has 1 N–H and O–H groups in total. The Morgan fingerprint density at radius 3 is 2.37 bits per heavy atom. The normalized spacial score (nSPS) is 39.5. The number of nitrogens with one attached hydrogen (secondary N) is 1. The van der Waals surface area contributed by atoms with Crippen LogP contribution in [-0.2, 0) is 19.1 Å². The molecule has 1 aromatic carbocycles. The summed E-state index contributed by atoms with van der Waals surface area (Å²) in [6, 6.07) is 10.1. The number of carbonyl (C=O) groups is 3. The summed E-state index contributed by atoms with van der Waals surface area (Å²) in [4.78, 5) is 52.3. The molecule has 1 aromatic heterocycles. The Balaban J connectivity index is 1.14. The number of likely N-dealkylation sites (tertiary alicyclic amines) is 1. The van der Waals surface area contributed by atoms with E-state index in [2.05, 4.69) is 70.5 Å². The predicted molar refractivity (Wildman–Crippen MR) is 203 cm³/mol. The Hall–Kier alpha value is -3.22. The third-order valence-electron chi connectivity index (χ3n) is 16.6. The monoisotopic (exact) mass is 707 g/mol. The van der Waals surface area contributed by atoms with Gasteiger partial charge in [0.25, 0.3) is 0 Å². The van der Waals surface area contributed by atoms with Gasteiger partial charge in [-0.1, -0.05) is 78.8 Å². The minimum atomic E-state index is -0.757. The molecule has 4 saturated carbocycles. The lowest BCUT2D eigenvalue weighted by Crippen LogP contribution is -2.66. The molecule has 2 aromatic rings. The van der Waals surface area contributed by atoms with E-state index in [0.717, 1.165) is 86.9 Å². The number of amides is 1. The van der Waals surface area contributed by atoms with Crippen molar-refractivity contribution in [2.24, 2.45) is 50.7 Å². The van der Waals surface area contributed by atoms with Crippen molar-refractivity contribution >= 4 is 17.7 Å². The largest absolute Gasteiger partial charge is 0.462 e. The summed E-state index contributed by atoms with van der Waals surface area (Å²) < 4.78 is 5.97. The molecule has 280 valence electrons. The lowest BCUT2D eigenvalue weighted by molar-refractivity contribution is -0.232. The molecule has 1 amide bonds. The summed E-state index contributed by atoms with van der Waals surface area (Å²) in [5, 5.41) is 0. The molecule has 8 rings (SSSR count). The Kier molecular flexibility index (Phi) is 8.36. The van der Waals surface area contributed by atoms with Crippen LogP contribution in [0.3, 0.4) is 0 Å². The molecule has 5 fully saturated rings. The molecule has 6 aliphatic rings. The lowest BCUT2D eigenvalue weighted by atomic mass is 9.33. The average molecular weight is 708 g/mol. The number of allylic oxidation sites excluding steroid dienone is 1. The summed E-state index contributed by atoms with van der Waals surface area (Å²) in [6.07, 6.45) is 12.1. The van der Waals surface area contributed by atoms with Crippen LogP contribution in [0.15, 0.2) is 47.7 Å². The number of fused-ring (bicyclic) bond motifs is 7. The number of carbonyl (C=O) groups excluding carboxylic acids is 3. The second-order valence-corrected chi connectivity index (χ2v) is 19.4. The average Bonchev–Trinajstić information content (AvgIpc) is 3.84. The van der Waals surface area contributed by atoms with Crippen molar-refractivity contribution < 1.29 is 19.1 Å². The molecule has 7 nitrogen and oxygen atoms in total. The van der Waals surface area contributed by atoms with Crippen molar-refractivity contribution in [1.29, 1.82) is 0 Å². The number of imidazole rings is 1. The fraction of sp³-hybridized carbons (Fsp3) is 0.689. The van der Waals surface area contributed by atoms with Gasteiger partial charge >= 0.3 is 5.97 Å². The van der Waals surface area contributed by atoms with E-state index in [1.54, 1.807) is 6.92 Å². The maximum atomic E-state index is 15.4. The Bertz CT molecular complexity index is 1810. The molecule has 2 heterocycles. The van der Waals surface area contributed by atoms with Gasteiger partial charge in [-0.2, -0.15) is 0 Å². The highest BCUT2D eigenvalue weighted by Gasteiger charge is 2.71. The van der Waals surface area contributed by atoms with Crippen LogP contribution in [0.4, 0.5) is 0 Å². The lowest BCUT2D eigenvalue weighted by Gasteiger charge is -2.72. The van der Waals surface area contributed by atoms with Gasteiger partial charge in [-0.15, -0.1) is 0 Å². The third-order valence-corrected chi connectivity index (χ3v) is 16.6. The van der Waals surface area contributed by atoms with Crippen molar-refractivity contribution in [1.82, 2.24) is 14.9 Å². The van der Waals surface area contributed by atoms with Gasteiger partial charge in [-0.05, 0) is 121 Å². The van der Waals surface area contributed by atoms with E-state index in [9.17, 15) is 9.59 Å². The fourth-order valence-corrected chi connectivity index (χ4v) is 14.1. The van der Waals surface area contributed by atoms with Gasteiger partial charge in [-0.25, -0.2) is 4.98 Å². The van der Waals surface area contributed by atoms with Gasteiger partial charge < -0.3 is 14.6 Å². The van der Waals surface area contributed by atoms with Gasteiger partial charge in [0, 0.05) is 25.3 Å². The van der Waals surface area contributed by atoms with Gasteiger partial charge in [0.1, 0.15) is 11.9 Å². The number of benzene rings is 1. The third kappa shape index (κ3) is 4.88. The number of aromatic amines is 1. The highest BCUT2D eigenvalue weighted by molar-refractivity contribution is 6.07. The summed E-state index contributed by atoms with van der Waals surface area (Å²) in [5.74, 6) is 2.39. The first-order valence-electron chi connectivity index (χ1n) is 20.4. The topological polar surface area (TPSA) is 92.4 Å². The van der Waals surface area contributed by atoms with Gasteiger partial charge in [0.2, 0.25) is 5.91 Å². The molecule has 7 heteroatoms. The van der Waals surface area contributed by atoms with Gasteiger partial charge in [-0.3, -0.25) is 14.4 Å². The fourth-order valence-electron chi connectivity index (χ4n) is 14.1. The van der Waals surface area contributed by atoms with E-state index in [1.807, 2.05) is 24.4 Å². The summed E-state index contributed by atoms with van der Waals surface area (Å²) in [7, 11) is 0. The number of Topliss-reactive ketones (excluding diaryl/α,β-unsaturated/α-hetero) is 1. The van der Waals surface area contributed by atoms with E-state index in [0.29, 0.717) is 24.8 Å². The molecule has 1 saturated heterocycles. The molecular weight excluding hydrogens is 647 g/mol. The number of hydrogen-bond donors (Lipinski definition) is 1. The molecule has 52 heavy (non-hydrogen) atoms. The number of esters is 1. The maximum absolute atomic E-state index is 15.4. The maximum Gasteiger partial charge on any atom is 0.302 e. The number of hydrogen-bond acceptors (Lipinski definition) is 5. The molecule has 0 spiro atoms. The summed E-state index contributed by atoms with van der Waals surface area (Å²) in [5.41, 5.74) is 3.63. The Morgan fingerprint density at radius 1 is 0.904 bits per heavy atom. The minimum Gasteiger partial charge on any atom is -0.462 e. The zero-order chi connectivity index (χ0) is 37.0. The van der Waals surface area contributed by atoms with Crippen LogP contribution in [0, 0.1) is 50.7 Å². The molecule has 0 bridgehead atoms. The highest BCUT2D eigenvalue weighted by atomic mass is 16.5. The van der Waals surface area contributed by atoms with E-state index in [4.69, 9.17) is 9.72 Å². The number of ketones is 1. The Morgan fingerprint density at radius 2 is 1.65 bits per heavy atom. The standard InChI is InChI=1S/C45H61N3O4/c1-27(2)37-33(50)25-45(40(51)48-24-12-15-32(48)39-46-26-31(47-39)29-13-10-9-11-14-29)23-22-43(7)30(38(37)45)16-17-35-42(6)20-19-36(52-28(3)49)41(4,5)34(42)18-21-44(35,43)8/h9-11,13-14,26-27,30,32,34-36H,12,15-25H2,1-8H3,(H,46,47). The number of aromatic nitrogens is 2. The van der Waals surface area contributed by atoms with Crippen LogP contribution < -0.4 is 0 Å². The number of H-pyrrole nitrogens is 1. The van der Waals surface area contributed by atoms with Crippen molar-refractivity contribution in [3.8, 4) is 11.3 Å². The van der Waals surface area contributed by atoms with E-state index in [1.165, 1.54) is 5.57 Å². The first kappa shape index (κ1) is 35.8. The van der Waals surface area contributed by atoms with Crippen LogP contribution in [0.2, 0.25) is 0 Å². The van der Waals surface area contributed by atoms with E-state index < -0.39 is 5.41 Å². The first-order chi connectivity index (χ1) is 24.6. The molecule has 1 aliphatic heterocycles. The van der Waals surface area contributed by atoms with Crippen LogP contribution in [-0.4, -0.2) is 45.2 Å². The van der Waals surface area contributed by atoms with Crippen molar-refractivity contribution in [3.05, 3.63) is 53.5 Å². The van der Waals surface area contributed by atoms with Crippen molar-refractivity contribution in [3.63, 3.8) is 0 Å². The molecular formula is C45H61N3O4. The minimum absolute atomic E-state index is 0.0132. The predicted octanol–water partition coefficient (Wildman–Crippen LogP) is 9.65. The number of ether oxygens (including phenoxy) is 1. The molecule has 0 radical (unpaired) electrons. The first-order valence-corrected chi connectivity index (χ1v) is 20.4. The Labute approximate surface area is 311 Å². The highest BCUT2D eigenvalue weighted by Crippen LogP contribution is 2.77. The van der Waals surface area contributed by atoms with Crippen LogP contribution in [0.25, 0.3) is 11.3 Å². The zero-order valence-corrected chi connectivity index (χ0v) is 32.9.